The van der Waals surface area contributed by atoms with Crippen molar-refractivity contribution in [1.29, 1.82) is 0 Å². The SMILES string of the molecule is O=C(NC(=S)Nc1ccccc1-c1nc2ccccc2s1)c1ccccc1Cl. The minimum atomic E-state index is -0.361. The summed E-state index contributed by atoms with van der Waals surface area (Å²) >= 11 is 13.0. The summed E-state index contributed by atoms with van der Waals surface area (Å²) in [5.41, 5.74) is 3.00. The largest absolute Gasteiger partial charge is 0.332 e. The van der Waals surface area contributed by atoms with E-state index in [1.165, 1.54) is 0 Å². The Morgan fingerprint density at radius 3 is 2.50 bits per heavy atom. The summed E-state index contributed by atoms with van der Waals surface area (Å²) < 4.78 is 1.11. The maximum Gasteiger partial charge on any atom is 0.258 e. The number of nitrogens with one attached hydrogen (secondary N) is 2. The van der Waals surface area contributed by atoms with Crippen LogP contribution in [-0.2, 0) is 0 Å². The van der Waals surface area contributed by atoms with E-state index in [2.05, 4.69) is 10.6 Å². The van der Waals surface area contributed by atoms with Gasteiger partial charge in [0.05, 0.1) is 26.5 Å². The summed E-state index contributed by atoms with van der Waals surface area (Å²) in [6.45, 7) is 0. The van der Waals surface area contributed by atoms with Gasteiger partial charge in [-0.3, -0.25) is 10.1 Å². The molecule has 0 radical (unpaired) electrons. The van der Waals surface area contributed by atoms with Gasteiger partial charge in [-0.25, -0.2) is 4.98 Å². The highest BCUT2D eigenvalue weighted by Crippen LogP contribution is 2.34. The van der Waals surface area contributed by atoms with Gasteiger partial charge >= 0.3 is 0 Å². The molecule has 1 heterocycles. The number of thiocarbonyl (C=S) groups is 1. The van der Waals surface area contributed by atoms with Gasteiger partial charge in [0.1, 0.15) is 5.01 Å². The summed E-state index contributed by atoms with van der Waals surface area (Å²) in [5.74, 6) is -0.361. The molecule has 0 aliphatic rings. The zero-order valence-corrected chi connectivity index (χ0v) is 16.9. The maximum absolute atomic E-state index is 12.4. The number of amides is 1. The van der Waals surface area contributed by atoms with Gasteiger partial charge in [0.25, 0.3) is 5.91 Å². The fourth-order valence-electron chi connectivity index (χ4n) is 2.74. The first-order valence-electron chi connectivity index (χ1n) is 8.43. The van der Waals surface area contributed by atoms with E-state index in [-0.39, 0.29) is 11.0 Å². The van der Waals surface area contributed by atoms with Crippen LogP contribution in [0.15, 0.2) is 72.8 Å². The first kappa shape index (κ1) is 18.6. The van der Waals surface area contributed by atoms with Gasteiger partial charge < -0.3 is 5.32 Å². The molecule has 0 saturated carbocycles. The van der Waals surface area contributed by atoms with E-state index >= 15 is 0 Å². The molecule has 4 rings (SSSR count). The molecule has 0 unspecified atom stereocenters. The molecule has 4 aromatic rings. The highest BCUT2D eigenvalue weighted by molar-refractivity contribution is 7.80. The number of benzene rings is 3. The first-order chi connectivity index (χ1) is 13.6. The average molecular weight is 424 g/mol. The Balaban J connectivity index is 1.56. The van der Waals surface area contributed by atoms with Crippen molar-refractivity contribution in [2.75, 3.05) is 5.32 Å². The molecule has 0 saturated heterocycles. The third-order valence-electron chi connectivity index (χ3n) is 4.05. The van der Waals surface area contributed by atoms with Crippen LogP contribution in [0.1, 0.15) is 10.4 Å². The number of anilines is 1. The van der Waals surface area contributed by atoms with Crippen molar-refractivity contribution in [1.82, 2.24) is 10.3 Å². The topological polar surface area (TPSA) is 54.0 Å². The number of hydrogen-bond acceptors (Lipinski definition) is 4. The Kier molecular flexibility index (Phi) is 5.34. The van der Waals surface area contributed by atoms with Crippen molar-refractivity contribution in [3.63, 3.8) is 0 Å². The van der Waals surface area contributed by atoms with Crippen LogP contribution in [0.2, 0.25) is 5.02 Å². The number of thiazole rings is 1. The molecule has 0 atom stereocenters. The van der Waals surface area contributed by atoms with Crippen molar-refractivity contribution in [2.24, 2.45) is 0 Å². The van der Waals surface area contributed by atoms with Gasteiger partial charge in [-0.05, 0) is 48.6 Å². The number of aromatic nitrogens is 1. The van der Waals surface area contributed by atoms with E-state index in [0.717, 1.165) is 26.5 Å². The fraction of sp³-hybridized carbons (Fsp3) is 0. The van der Waals surface area contributed by atoms with Gasteiger partial charge in [0.2, 0.25) is 0 Å². The Morgan fingerprint density at radius 2 is 1.68 bits per heavy atom. The second-order valence-corrected chi connectivity index (χ2v) is 7.77. The highest BCUT2D eigenvalue weighted by atomic mass is 35.5. The quantitative estimate of drug-likeness (QED) is 0.412. The number of rotatable bonds is 3. The van der Waals surface area contributed by atoms with Gasteiger partial charge in [0, 0.05) is 5.56 Å². The van der Waals surface area contributed by atoms with Crippen molar-refractivity contribution < 1.29 is 4.79 Å². The van der Waals surface area contributed by atoms with E-state index in [1.807, 2.05) is 48.5 Å². The monoisotopic (exact) mass is 423 g/mol. The summed E-state index contributed by atoms with van der Waals surface area (Å²) in [5, 5.41) is 7.21. The summed E-state index contributed by atoms with van der Waals surface area (Å²) in [4.78, 5) is 17.1. The minimum absolute atomic E-state index is 0.193. The number of halogens is 1. The Bertz CT molecular complexity index is 1160. The predicted octanol–water partition coefficient (Wildman–Crippen LogP) is 5.74. The lowest BCUT2D eigenvalue weighted by Gasteiger charge is -2.12. The lowest BCUT2D eigenvalue weighted by atomic mass is 10.2. The molecular weight excluding hydrogens is 410 g/mol. The number of hydrogen-bond donors (Lipinski definition) is 2. The number of fused-ring (bicyclic) bond motifs is 1. The predicted molar refractivity (Wildman–Crippen MR) is 120 cm³/mol. The lowest BCUT2D eigenvalue weighted by molar-refractivity contribution is 0.0978. The van der Waals surface area contributed by atoms with E-state index in [0.29, 0.717) is 10.6 Å². The zero-order valence-electron chi connectivity index (χ0n) is 14.5. The van der Waals surface area contributed by atoms with Gasteiger partial charge in [-0.1, -0.05) is 48.0 Å². The smallest absolute Gasteiger partial charge is 0.258 e. The molecule has 2 N–H and O–H groups in total. The summed E-state index contributed by atoms with van der Waals surface area (Å²) in [6, 6.07) is 22.5. The molecule has 138 valence electrons. The molecule has 7 heteroatoms. The van der Waals surface area contributed by atoms with Crippen LogP contribution in [0.4, 0.5) is 5.69 Å². The van der Waals surface area contributed by atoms with Crippen LogP contribution in [0.25, 0.3) is 20.8 Å². The molecule has 0 aliphatic heterocycles. The van der Waals surface area contributed by atoms with Gasteiger partial charge in [0.15, 0.2) is 5.11 Å². The normalized spacial score (nSPS) is 10.6. The molecule has 0 aliphatic carbocycles. The summed E-state index contributed by atoms with van der Waals surface area (Å²) in [7, 11) is 0. The average Bonchev–Trinajstić information content (AvgIpc) is 3.12. The van der Waals surface area contributed by atoms with Crippen LogP contribution in [0.5, 0.6) is 0 Å². The van der Waals surface area contributed by atoms with Crippen LogP contribution in [0.3, 0.4) is 0 Å². The Labute approximate surface area is 176 Å². The van der Waals surface area contributed by atoms with E-state index in [1.54, 1.807) is 35.6 Å². The molecule has 0 bridgehead atoms. The van der Waals surface area contributed by atoms with E-state index in [4.69, 9.17) is 28.8 Å². The lowest BCUT2D eigenvalue weighted by Crippen LogP contribution is -2.34. The summed E-state index contributed by atoms with van der Waals surface area (Å²) in [6.07, 6.45) is 0. The Hall–Kier alpha value is -2.80. The van der Waals surface area contributed by atoms with Crippen LogP contribution < -0.4 is 10.6 Å². The number of carbonyl (C=O) groups excluding carboxylic acids is 1. The molecule has 0 fully saturated rings. The van der Waals surface area contributed by atoms with Crippen molar-refractivity contribution in [2.45, 2.75) is 0 Å². The van der Waals surface area contributed by atoms with Crippen LogP contribution in [-0.4, -0.2) is 16.0 Å². The van der Waals surface area contributed by atoms with Crippen molar-refractivity contribution >= 4 is 62.1 Å². The van der Waals surface area contributed by atoms with Crippen LogP contribution in [0, 0.1) is 0 Å². The third-order valence-corrected chi connectivity index (χ3v) is 5.65. The number of carbonyl (C=O) groups is 1. The van der Waals surface area contributed by atoms with Crippen LogP contribution >= 0.6 is 35.2 Å². The molecule has 1 amide bonds. The van der Waals surface area contributed by atoms with Crippen molar-refractivity contribution in [3.8, 4) is 10.6 Å². The van der Waals surface area contributed by atoms with Gasteiger partial charge in [-0.15, -0.1) is 11.3 Å². The molecule has 0 spiro atoms. The fourth-order valence-corrected chi connectivity index (χ4v) is 4.16. The second kappa shape index (κ2) is 8.06. The Morgan fingerprint density at radius 1 is 0.964 bits per heavy atom. The zero-order chi connectivity index (χ0) is 19.5. The number of nitrogens with zero attached hydrogens (tertiary/aromatic N) is 1. The minimum Gasteiger partial charge on any atom is -0.332 e. The number of para-hydroxylation sites is 2. The molecule has 28 heavy (non-hydrogen) atoms. The first-order valence-corrected chi connectivity index (χ1v) is 10.0. The second-order valence-electron chi connectivity index (χ2n) is 5.92. The van der Waals surface area contributed by atoms with E-state index < -0.39 is 0 Å². The maximum atomic E-state index is 12.4. The molecule has 3 aromatic carbocycles. The van der Waals surface area contributed by atoms with E-state index in [9.17, 15) is 4.79 Å². The third kappa shape index (κ3) is 3.89. The standard InChI is InChI=1S/C21H14ClN3OS2/c22-15-9-3-1-7-13(15)19(26)25-21(27)24-16-10-4-2-8-14(16)20-23-17-11-5-6-12-18(17)28-20/h1-12H,(H2,24,25,26,27). The molecule has 4 nitrogen and oxygen atoms in total. The molecular formula is C21H14ClN3OS2. The van der Waals surface area contributed by atoms with Gasteiger partial charge in [-0.2, -0.15) is 0 Å². The van der Waals surface area contributed by atoms with Crippen molar-refractivity contribution in [3.05, 3.63) is 83.4 Å². The highest BCUT2D eigenvalue weighted by Gasteiger charge is 2.14. The molecule has 1 aromatic heterocycles.